The number of piperidine rings is 3. The summed E-state index contributed by atoms with van der Waals surface area (Å²) in [6, 6.07) is 17.8. The van der Waals surface area contributed by atoms with Crippen LogP contribution in [0.5, 0.6) is 0 Å². The van der Waals surface area contributed by atoms with Crippen molar-refractivity contribution in [1.29, 1.82) is 0 Å². The Morgan fingerprint density at radius 3 is 2.80 bits per heavy atom. The van der Waals surface area contributed by atoms with Gasteiger partial charge >= 0.3 is 0 Å². The Bertz CT molecular complexity index is 1030. The molecule has 7 nitrogen and oxygen atoms in total. The van der Waals surface area contributed by atoms with Crippen LogP contribution in [0.15, 0.2) is 60.8 Å². The van der Waals surface area contributed by atoms with Crippen LogP contribution in [0.1, 0.15) is 12.8 Å². The predicted molar refractivity (Wildman–Crippen MR) is 117 cm³/mol. The molecule has 3 aliphatic heterocycles. The molecule has 30 heavy (non-hydrogen) atoms. The van der Waals surface area contributed by atoms with Crippen molar-refractivity contribution in [1.82, 2.24) is 19.9 Å². The summed E-state index contributed by atoms with van der Waals surface area (Å²) >= 11 is 0. The lowest BCUT2D eigenvalue weighted by Gasteiger charge is -2.49. The molecule has 0 aliphatic carbocycles. The first-order valence-electron chi connectivity index (χ1n) is 10.5. The van der Waals surface area contributed by atoms with E-state index in [-0.39, 0.29) is 11.8 Å². The SMILES string of the molecule is Nc1cccc(-c2cn(CC3CC4CCN3CC4C(=O)Nc3ccccc3)nn2)c1. The minimum Gasteiger partial charge on any atom is -0.399 e. The van der Waals surface area contributed by atoms with E-state index in [2.05, 4.69) is 20.5 Å². The summed E-state index contributed by atoms with van der Waals surface area (Å²) in [4.78, 5) is 15.3. The van der Waals surface area contributed by atoms with E-state index < -0.39 is 0 Å². The van der Waals surface area contributed by atoms with Gasteiger partial charge in [-0.05, 0) is 49.6 Å². The van der Waals surface area contributed by atoms with E-state index >= 15 is 0 Å². The number of nitrogens with one attached hydrogen (secondary N) is 1. The average molecular weight is 403 g/mol. The van der Waals surface area contributed by atoms with Gasteiger partial charge in [-0.2, -0.15) is 0 Å². The minimum absolute atomic E-state index is 0.0498. The van der Waals surface area contributed by atoms with Gasteiger partial charge < -0.3 is 11.1 Å². The third-order valence-corrected chi connectivity index (χ3v) is 6.38. The second-order valence-electron chi connectivity index (χ2n) is 8.35. The van der Waals surface area contributed by atoms with Crippen molar-refractivity contribution in [3.05, 3.63) is 60.8 Å². The normalized spacial score (nSPS) is 25.2. The molecule has 2 bridgehead atoms. The predicted octanol–water partition coefficient (Wildman–Crippen LogP) is 2.88. The number of nitrogen functional groups attached to an aromatic ring is 1. The molecule has 3 aromatic rings. The Balaban J connectivity index is 1.23. The van der Waals surface area contributed by atoms with E-state index in [1.807, 2.05) is 65.5 Å². The number of anilines is 2. The van der Waals surface area contributed by atoms with E-state index in [9.17, 15) is 4.79 Å². The third kappa shape index (κ3) is 3.80. The van der Waals surface area contributed by atoms with Crippen LogP contribution in [0, 0.1) is 11.8 Å². The first kappa shape index (κ1) is 18.8. The van der Waals surface area contributed by atoms with Gasteiger partial charge in [0.2, 0.25) is 5.91 Å². The molecule has 154 valence electrons. The van der Waals surface area contributed by atoms with Crippen LogP contribution in [-0.4, -0.2) is 44.9 Å². The van der Waals surface area contributed by atoms with Gasteiger partial charge in [0, 0.05) is 29.5 Å². The number of fused-ring (bicyclic) bond motifs is 3. The molecule has 3 N–H and O–H groups in total. The van der Waals surface area contributed by atoms with Crippen molar-refractivity contribution in [3.8, 4) is 11.3 Å². The number of nitrogens with two attached hydrogens (primary N) is 1. The van der Waals surface area contributed by atoms with Crippen molar-refractivity contribution >= 4 is 17.3 Å². The number of aromatic nitrogens is 3. The molecular weight excluding hydrogens is 376 g/mol. The van der Waals surface area contributed by atoms with Crippen LogP contribution in [0.25, 0.3) is 11.3 Å². The fraction of sp³-hybridized carbons (Fsp3) is 0.348. The Kier molecular flexibility index (Phi) is 4.96. The van der Waals surface area contributed by atoms with E-state index in [1.54, 1.807) is 0 Å². The largest absolute Gasteiger partial charge is 0.399 e. The maximum absolute atomic E-state index is 12.8. The van der Waals surface area contributed by atoms with Crippen LogP contribution < -0.4 is 11.1 Å². The summed E-state index contributed by atoms with van der Waals surface area (Å²) in [5.74, 6) is 0.605. The number of amides is 1. The second kappa shape index (κ2) is 7.91. The zero-order valence-corrected chi connectivity index (χ0v) is 16.8. The van der Waals surface area contributed by atoms with Gasteiger partial charge in [-0.15, -0.1) is 5.10 Å². The molecule has 4 heterocycles. The summed E-state index contributed by atoms with van der Waals surface area (Å²) in [7, 11) is 0. The zero-order valence-electron chi connectivity index (χ0n) is 16.8. The quantitative estimate of drug-likeness (QED) is 0.641. The van der Waals surface area contributed by atoms with Gasteiger partial charge in [-0.3, -0.25) is 14.4 Å². The first-order valence-corrected chi connectivity index (χ1v) is 10.5. The molecule has 1 amide bonds. The molecule has 1 aromatic heterocycles. The van der Waals surface area contributed by atoms with Gasteiger partial charge in [-0.25, -0.2) is 0 Å². The van der Waals surface area contributed by atoms with Crippen LogP contribution in [0.4, 0.5) is 11.4 Å². The van der Waals surface area contributed by atoms with Crippen LogP contribution in [0.3, 0.4) is 0 Å². The van der Waals surface area contributed by atoms with Gasteiger partial charge in [0.05, 0.1) is 18.7 Å². The third-order valence-electron chi connectivity index (χ3n) is 6.38. The standard InChI is InChI=1S/C23H26N6O/c24-18-6-4-5-17(11-18)22-15-29(27-26-22)13-20-12-16-9-10-28(20)14-21(16)23(30)25-19-7-2-1-3-8-19/h1-8,11,15-16,20-21H,9-10,12-14,24H2,(H,25,30). The van der Waals surface area contributed by atoms with Crippen LogP contribution in [-0.2, 0) is 11.3 Å². The van der Waals surface area contributed by atoms with E-state index in [0.29, 0.717) is 12.0 Å². The molecule has 4 unspecified atom stereocenters. The maximum atomic E-state index is 12.8. The highest BCUT2D eigenvalue weighted by molar-refractivity contribution is 5.93. The van der Waals surface area contributed by atoms with E-state index in [0.717, 1.165) is 55.1 Å². The minimum atomic E-state index is 0.0498. The lowest BCUT2D eigenvalue weighted by atomic mass is 9.75. The molecule has 6 rings (SSSR count). The first-order chi connectivity index (χ1) is 14.7. The summed E-state index contributed by atoms with van der Waals surface area (Å²) in [6.45, 7) is 2.64. The smallest absolute Gasteiger partial charge is 0.229 e. The molecule has 3 fully saturated rings. The van der Waals surface area contributed by atoms with Crippen molar-refractivity contribution in [3.63, 3.8) is 0 Å². The van der Waals surface area contributed by atoms with Gasteiger partial charge in [0.15, 0.2) is 0 Å². The van der Waals surface area contributed by atoms with Crippen LogP contribution in [0.2, 0.25) is 0 Å². The Morgan fingerprint density at radius 2 is 2.03 bits per heavy atom. The van der Waals surface area contributed by atoms with Crippen molar-refractivity contribution in [2.45, 2.75) is 25.4 Å². The summed E-state index contributed by atoms with van der Waals surface area (Å²) in [5, 5.41) is 11.7. The highest BCUT2D eigenvalue weighted by Gasteiger charge is 2.43. The summed E-state index contributed by atoms with van der Waals surface area (Å²) in [6.07, 6.45) is 4.08. The lowest BCUT2D eigenvalue weighted by molar-refractivity contribution is -0.127. The molecule has 0 radical (unpaired) electrons. The molecular formula is C23H26N6O. The number of para-hydroxylation sites is 1. The van der Waals surface area contributed by atoms with Crippen molar-refractivity contribution < 1.29 is 4.79 Å². The fourth-order valence-electron chi connectivity index (χ4n) is 4.82. The van der Waals surface area contributed by atoms with E-state index in [4.69, 9.17) is 5.73 Å². The van der Waals surface area contributed by atoms with Crippen molar-refractivity contribution in [2.75, 3.05) is 24.1 Å². The number of nitrogens with zero attached hydrogens (tertiary/aromatic N) is 4. The zero-order chi connectivity index (χ0) is 20.5. The monoisotopic (exact) mass is 402 g/mol. The number of rotatable bonds is 5. The number of hydrogen-bond acceptors (Lipinski definition) is 5. The summed E-state index contributed by atoms with van der Waals surface area (Å²) in [5.41, 5.74) is 9.28. The topological polar surface area (TPSA) is 89.1 Å². The maximum Gasteiger partial charge on any atom is 0.229 e. The van der Waals surface area contributed by atoms with Gasteiger partial charge in [0.25, 0.3) is 0 Å². The van der Waals surface area contributed by atoms with Gasteiger partial charge in [-0.1, -0.05) is 35.5 Å². The fourth-order valence-corrected chi connectivity index (χ4v) is 4.82. The molecule has 0 saturated carbocycles. The number of benzene rings is 2. The molecule has 4 atom stereocenters. The average Bonchev–Trinajstić information content (AvgIpc) is 3.23. The van der Waals surface area contributed by atoms with Gasteiger partial charge in [0.1, 0.15) is 5.69 Å². The molecule has 3 saturated heterocycles. The molecule has 2 aromatic carbocycles. The number of carbonyl (C=O) groups is 1. The molecule has 3 aliphatic rings. The molecule has 0 spiro atoms. The number of carbonyl (C=O) groups excluding carboxylic acids is 1. The van der Waals surface area contributed by atoms with E-state index in [1.165, 1.54) is 0 Å². The van der Waals surface area contributed by atoms with Crippen molar-refractivity contribution in [2.24, 2.45) is 11.8 Å². The highest BCUT2D eigenvalue weighted by atomic mass is 16.2. The Hall–Kier alpha value is -3.19. The van der Waals surface area contributed by atoms with Crippen LogP contribution >= 0.6 is 0 Å². The molecule has 7 heteroatoms. The summed E-state index contributed by atoms with van der Waals surface area (Å²) < 4.78 is 1.92. The Labute approximate surface area is 175 Å². The number of hydrogen-bond donors (Lipinski definition) is 2. The second-order valence-corrected chi connectivity index (χ2v) is 8.35. The lowest BCUT2D eigenvalue weighted by Crippen LogP contribution is -2.57. The highest BCUT2D eigenvalue weighted by Crippen LogP contribution is 2.37. The Morgan fingerprint density at radius 1 is 1.17 bits per heavy atom.